The Labute approximate surface area is 166 Å². The van der Waals surface area contributed by atoms with E-state index >= 15 is 0 Å². The summed E-state index contributed by atoms with van der Waals surface area (Å²) in [5, 5.41) is 3.03. The molecule has 0 saturated carbocycles. The van der Waals surface area contributed by atoms with Gasteiger partial charge in [-0.15, -0.1) is 0 Å². The molecule has 146 valence electrons. The molecule has 0 fully saturated rings. The van der Waals surface area contributed by atoms with Gasteiger partial charge in [-0.2, -0.15) is 0 Å². The molecule has 28 heavy (non-hydrogen) atoms. The zero-order valence-electron chi connectivity index (χ0n) is 17.1. The maximum Gasteiger partial charge on any atom is 0.283 e. The van der Waals surface area contributed by atoms with Gasteiger partial charge in [-0.1, -0.05) is 57.2 Å². The molecule has 5 nitrogen and oxygen atoms in total. The van der Waals surface area contributed by atoms with Crippen LogP contribution in [0, 0.1) is 0 Å². The monoisotopic (exact) mass is 393 g/mol. The summed E-state index contributed by atoms with van der Waals surface area (Å²) in [4.78, 5) is 17.4. The number of benzene rings is 1. The molecule has 3 aromatic rings. The van der Waals surface area contributed by atoms with Crippen molar-refractivity contribution >= 4 is 20.2 Å². The van der Waals surface area contributed by atoms with E-state index < -0.39 is 8.32 Å². The van der Waals surface area contributed by atoms with Crippen molar-refractivity contribution in [3.05, 3.63) is 82.4 Å². The Kier molecular flexibility index (Phi) is 5.42. The van der Waals surface area contributed by atoms with Crippen LogP contribution in [-0.4, -0.2) is 23.1 Å². The molecule has 2 heterocycles. The highest BCUT2D eigenvalue weighted by Gasteiger charge is 2.40. The molecule has 0 spiro atoms. The zero-order valence-corrected chi connectivity index (χ0v) is 18.1. The third-order valence-corrected chi connectivity index (χ3v) is 9.53. The molecule has 6 heteroatoms. The summed E-state index contributed by atoms with van der Waals surface area (Å²) in [6, 6.07) is 15.4. The van der Waals surface area contributed by atoms with E-state index in [9.17, 15) is 4.79 Å². The fourth-order valence-corrected chi connectivity index (χ4v) is 3.52. The largest absolute Gasteiger partial charge is 0.543 e. The zero-order chi connectivity index (χ0) is 20.4. The van der Waals surface area contributed by atoms with Gasteiger partial charge in [0.25, 0.3) is 13.9 Å². The van der Waals surface area contributed by atoms with Crippen LogP contribution in [-0.2, 0) is 4.43 Å². The summed E-state index contributed by atoms with van der Waals surface area (Å²) in [5.74, 6) is 1.14. The van der Waals surface area contributed by atoms with Gasteiger partial charge in [-0.05, 0) is 41.9 Å². The van der Waals surface area contributed by atoms with Crippen LogP contribution in [0.2, 0.25) is 18.1 Å². The minimum atomic E-state index is -2.14. The lowest BCUT2D eigenvalue weighted by molar-refractivity contribution is 0.460. The lowest BCUT2D eigenvalue weighted by Gasteiger charge is -2.37. The first kappa shape index (κ1) is 19.9. The highest BCUT2D eigenvalue weighted by molar-refractivity contribution is 6.74. The molecule has 0 unspecified atom stereocenters. The summed E-state index contributed by atoms with van der Waals surface area (Å²) in [7, 11) is -2.14. The summed E-state index contributed by atoms with van der Waals surface area (Å²) >= 11 is 0. The van der Waals surface area contributed by atoms with Gasteiger partial charge in [-0.3, -0.25) is 9.89 Å². The molecule has 0 atom stereocenters. The SMILES string of the molecule is CC(C)(C)[Si](C)(C)OC(=Cc1ccccc1)c1c[nH]n(-c2ccccn2)c1=O. The molecule has 0 aliphatic carbocycles. The molecule has 0 aliphatic rings. The first-order valence-corrected chi connectivity index (χ1v) is 12.3. The van der Waals surface area contributed by atoms with Crippen LogP contribution in [0.15, 0.2) is 65.7 Å². The van der Waals surface area contributed by atoms with Gasteiger partial charge in [0.15, 0.2) is 5.82 Å². The molecule has 2 aromatic heterocycles. The molecule has 0 amide bonds. The Balaban J connectivity index is 2.09. The molecule has 0 bridgehead atoms. The summed E-state index contributed by atoms with van der Waals surface area (Å²) < 4.78 is 8.00. The van der Waals surface area contributed by atoms with Gasteiger partial charge in [0.05, 0.1) is 5.56 Å². The van der Waals surface area contributed by atoms with Crippen molar-refractivity contribution in [1.29, 1.82) is 0 Å². The van der Waals surface area contributed by atoms with E-state index in [1.54, 1.807) is 18.5 Å². The standard InChI is InChI=1S/C22H27N3O2Si/c1-22(2,3)28(4,5)27-19(15-17-11-7-6-8-12-17)18-16-24-25(21(18)26)20-13-9-10-14-23-20/h6-16,24H,1-5H3. The fourth-order valence-electron chi connectivity index (χ4n) is 2.49. The number of H-pyrrole nitrogens is 1. The second kappa shape index (κ2) is 7.64. The molecule has 1 aromatic carbocycles. The van der Waals surface area contributed by atoms with Gasteiger partial charge in [0.1, 0.15) is 5.76 Å². The summed E-state index contributed by atoms with van der Waals surface area (Å²) in [6.07, 6.45) is 5.29. The molecule has 3 rings (SSSR count). The number of aromatic amines is 1. The van der Waals surface area contributed by atoms with Crippen molar-refractivity contribution in [2.24, 2.45) is 0 Å². The molecule has 0 aliphatic heterocycles. The smallest absolute Gasteiger partial charge is 0.283 e. The normalized spacial score (nSPS) is 12.8. The van der Waals surface area contributed by atoms with E-state index in [0.29, 0.717) is 17.1 Å². The maximum atomic E-state index is 13.1. The first-order chi connectivity index (χ1) is 13.2. The van der Waals surface area contributed by atoms with Crippen LogP contribution in [0.4, 0.5) is 0 Å². The maximum absolute atomic E-state index is 13.1. The summed E-state index contributed by atoms with van der Waals surface area (Å²) in [6.45, 7) is 10.9. The van der Waals surface area contributed by atoms with Crippen LogP contribution in [0.25, 0.3) is 17.7 Å². The quantitative estimate of drug-likeness (QED) is 0.486. The Bertz CT molecular complexity index is 1010. The first-order valence-electron chi connectivity index (χ1n) is 9.37. The number of nitrogens with zero attached hydrogens (tertiary/aromatic N) is 2. The van der Waals surface area contributed by atoms with Crippen LogP contribution in [0.1, 0.15) is 31.9 Å². The highest BCUT2D eigenvalue weighted by Crippen LogP contribution is 2.39. The topological polar surface area (TPSA) is 59.9 Å². The second-order valence-corrected chi connectivity index (χ2v) is 13.0. The number of pyridine rings is 1. The lowest BCUT2D eigenvalue weighted by Crippen LogP contribution is -2.40. The minimum absolute atomic E-state index is 0.0130. The molecule has 1 N–H and O–H groups in total. The van der Waals surface area contributed by atoms with Crippen LogP contribution in [0.5, 0.6) is 0 Å². The Hall–Kier alpha value is -2.86. The average molecular weight is 394 g/mol. The van der Waals surface area contributed by atoms with Crippen LogP contribution < -0.4 is 5.56 Å². The van der Waals surface area contributed by atoms with Gasteiger partial charge in [0.2, 0.25) is 0 Å². The minimum Gasteiger partial charge on any atom is -0.543 e. The van der Waals surface area contributed by atoms with E-state index in [1.165, 1.54) is 4.68 Å². The van der Waals surface area contributed by atoms with Gasteiger partial charge >= 0.3 is 0 Å². The van der Waals surface area contributed by atoms with Crippen molar-refractivity contribution in [3.8, 4) is 5.82 Å². The van der Waals surface area contributed by atoms with E-state index in [-0.39, 0.29) is 10.6 Å². The third kappa shape index (κ3) is 4.17. The van der Waals surface area contributed by atoms with Gasteiger partial charge in [-0.25, -0.2) is 9.67 Å². The van der Waals surface area contributed by atoms with E-state index in [0.717, 1.165) is 5.56 Å². The van der Waals surface area contributed by atoms with Crippen molar-refractivity contribution < 1.29 is 4.43 Å². The van der Waals surface area contributed by atoms with E-state index in [2.05, 4.69) is 43.9 Å². The number of hydrogen-bond acceptors (Lipinski definition) is 3. The number of aromatic nitrogens is 3. The molecular weight excluding hydrogens is 366 g/mol. The van der Waals surface area contributed by atoms with Crippen molar-refractivity contribution in [1.82, 2.24) is 14.8 Å². The lowest BCUT2D eigenvalue weighted by atomic mass is 10.1. The van der Waals surface area contributed by atoms with Crippen molar-refractivity contribution in [2.45, 2.75) is 38.9 Å². The van der Waals surface area contributed by atoms with Crippen LogP contribution in [0.3, 0.4) is 0 Å². The number of nitrogens with one attached hydrogen (secondary N) is 1. The average Bonchev–Trinajstić information content (AvgIpc) is 3.03. The Morgan fingerprint density at radius 2 is 1.79 bits per heavy atom. The molecule has 0 saturated heterocycles. The van der Waals surface area contributed by atoms with Gasteiger partial charge in [0, 0.05) is 12.4 Å². The molecular formula is C22H27N3O2Si. The predicted octanol–water partition coefficient (Wildman–Crippen LogP) is 5.08. The van der Waals surface area contributed by atoms with E-state index in [4.69, 9.17) is 4.43 Å². The Morgan fingerprint density at radius 3 is 2.39 bits per heavy atom. The molecule has 0 radical (unpaired) electrons. The predicted molar refractivity (Wildman–Crippen MR) is 117 cm³/mol. The fraction of sp³-hybridized carbons (Fsp3) is 0.273. The third-order valence-electron chi connectivity index (χ3n) is 5.18. The second-order valence-electron chi connectivity index (χ2n) is 8.30. The van der Waals surface area contributed by atoms with E-state index in [1.807, 2.05) is 48.5 Å². The van der Waals surface area contributed by atoms with Gasteiger partial charge < -0.3 is 4.43 Å². The summed E-state index contributed by atoms with van der Waals surface area (Å²) in [5.41, 5.74) is 1.31. The van der Waals surface area contributed by atoms with Crippen LogP contribution >= 0.6 is 0 Å². The van der Waals surface area contributed by atoms with Crippen molar-refractivity contribution in [2.75, 3.05) is 0 Å². The van der Waals surface area contributed by atoms with Crippen molar-refractivity contribution in [3.63, 3.8) is 0 Å². The highest BCUT2D eigenvalue weighted by atomic mass is 28.4. The number of hydrogen-bond donors (Lipinski definition) is 1. The Morgan fingerprint density at radius 1 is 1.11 bits per heavy atom. The number of rotatable bonds is 5.